The van der Waals surface area contributed by atoms with Crippen molar-refractivity contribution < 1.29 is 23.5 Å². The third kappa shape index (κ3) is 4.57. The molecule has 0 saturated heterocycles. The number of fused-ring (bicyclic) bond motifs is 1. The number of halogens is 1. The first-order valence-corrected chi connectivity index (χ1v) is 10.2. The standard InChI is InChI=1S/C24H22FN5O4/c1-29(19-7-5-18(25)6-8-19)23(31)16-10-17(14-33-2)22-27-12-20(30(22)13-16)15-4-9-21(26-11-15)28-24(32)34-3/h4-13H,14H2,1-3H3,(H,26,28,32). The van der Waals surface area contributed by atoms with Gasteiger partial charge in [0, 0.05) is 43.4 Å². The minimum Gasteiger partial charge on any atom is -0.453 e. The summed E-state index contributed by atoms with van der Waals surface area (Å²) in [6.07, 6.45) is 4.34. The van der Waals surface area contributed by atoms with E-state index in [4.69, 9.17) is 4.74 Å². The Bertz CT molecular complexity index is 1340. The van der Waals surface area contributed by atoms with E-state index in [1.807, 2.05) is 0 Å². The minimum atomic E-state index is -0.618. The fourth-order valence-corrected chi connectivity index (χ4v) is 3.50. The molecule has 0 fully saturated rings. The minimum absolute atomic E-state index is 0.252. The Morgan fingerprint density at radius 2 is 1.85 bits per heavy atom. The molecule has 0 spiro atoms. The monoisotopic (exact) mass is 463 g/mol. The number of benzene rings is 1. The first-order valence-electron chi connectivity index (χ1n) is 10.2. The topological polar surface area (TPSA) is 98.1 Å². The van der Waals surface area contributed by atoms with Crippen molar-refractivity contribution in [3.8, 4) is 11.3 Å². The quantitative estimate of drug-likeness (QED) is 0.462. The number of methoxy groups -OCH3 is 2. The number of imidazole rings is 1. The number of nitrogens with one attached hydrogen (secondary N) is 1. The molecule has 4 aromatic rings. The van der Waals surface area contributed by atoms with Gasteiger partial charge in [-0.05, 0) is 42.5 Å². The van der Waals surface area contributed by atoms with E-state index < -0.39 is 6.09 Å². The molecule has 3 heterocycles. The fraction of sp³-hybridized carbons (Fsp3) is 0.167. The van der Waals surface area contributed by atoms with Crippen molar-refractivity contribution in [3.05, 3.63) is 78.0 Å². The lowest BCUT2D eigenvalue weighted by atomic mass is 10.1. The van der Waals surface area contributed by atoms with Gasteiger partial charge < -0.3 is 14.4 Å². The maximum Gasteiger partial charge on any atom is 0.412 e. The second-order valence-corrected chi connectivity index (χ2v) is 7.41. The van der Waals surface area contributed by atoms with Gasteiger partial charge in [-0.15, -0.1) is 0 Å². The number of ether oxygens (including phenoxy) is 2. The van der Waals surface area contributed by atoms with Crippen LogP contribution in [0.25, 0.3) is 16.9 Å². The highest BCUT2D eigenvalue weighted by Crippen LogP contribution is 2.25. The van der Waals surface area contributed by atoms with Crippen molar-refractivity contribution in [1.82, 2.24) is 14.4 Å². The molecular weight excluding hydrogens is 441 g/mol. The van der Waals surface area contributed by atoms with Crippen molar-refractivity contribution in [2.24, 2.45) is 0 Å². The van der Waals surface area contributed by atoms with Gasteiger partial charge in [-0.25, -0.2) is 19.2 Å². The normalized spacial score (nSPS) is 10.8. The summed E-state index contributed by atoms with van der Waals surface area (Å²) in [4.78, 5) is 34.9. The molecule has 3 aromatic heterocycles. The zero-order chi connectivity index (χ0) is 24.2. The molecule has 1 N–H and O–H groups in total. The van der Waals surface area contributed by atoms with Gasteiger partial charge in [0.05, 0.1) is 31.2 Å². The number of hydrogen-bond acceptors (Lipinski definition) is 6. The van der Waals surface area contributed by atoms with Crippen LogP contribution in [-0.2, 0) is 16.1 Å². The van der Waals surface area contributed by atoms with E-state index in [-0.39, 0.29) is 18.3 Å². The number of carbonyl (C=O) groups is 2. The van der Waals surface area contributed by atoms with Gasteiger partial charge in [0.25, 0.3) is 5.91 Å². The van der Waals surface area contributed by atoms with Gasteiger partial charge in [-0.3, -0.25) is 14.5 Å². The predicted octanol–water partition coefficient (Wildman–Crippen LogP) is 4.14. The fourth-order valence-electron chi connectivity index (χ4n) is 3.50. The molecule has 0 saturated carbocycles. The molecule has 1 aromatic carbocycles. The number of hydrogen-bond donors (Lipinski definition) is 1. The van der Waals surface area contributed by atoms with Crippen molar-refractivity contribution in [3.63, 3.8) is 0 Å². The second kappa shape index (κ2) is 9.67. The zero-order valence-corrected chi connectivity index (χ0v) is 18.8. The number of carbonyl (C=O) groups excluding carboxylic acids is 2. The Morgan fingerprint density at radius 1 is 1.09 bits per heavy atom. The largest absolute Gasteiger partial charge is 0.453 e. The van der Waals surface area contributed by atoms with Gasteiger partial charge >= 0.3 is 6.09 Å². The summed E-state index contributed by atoms with van der Waals surface area (Å²) >= 11 is 0. The van der Waals surface area contributed by atoms with Crippen LogP contribution in [0.3, 0.4) is 0 Å². The maximum absolute atomic E-state index is 13.3. The molecule has 0 bridgehead atoms. The lowest BCUT2D eigenvalue weighted by Gasteiger charge is -2.18. The van der Waals surface area contributed by atoms with Crippen LogP contribution in [0, 0.1) is 5.82 Å². The van der Waals surface area contributed by atoms with Gasteiger partial charge in [0.15, 0.2) is 0 Å². The molecule has 9 nitrogen and oxygen atoms in total. The van der Waals surface area contributed by atoms with Crippen molar-refractivity contribution in [2.45, 2.75) is 6.61 Å². The Hall–Kier alpha value is -4.31. The molecule has 0 radical (unpaired) electrons. The average Bonchev–Trinajstić information content (AvgIpc) is 3.28. The van der Waals surface area contributed by atoms with E-state index >= 15 is 0 Å². The number of aromatic nitrogens is 3. The molecular formula is C24H22FN5O4. The van der Waals surface area contributed by atoms with Crippen molar-refractivity contribution >= 4 is 29.2 Å². The average molecular weight is 463 g/mol. The summed E-state index contributed by atoms with van der Waals surface area (Å²) in [6.45, 7) is 0.252. The number of rotatable bonds is 6. The van der Waals surface area contributed by atoms with Crippen LogP contribution in [0.5, 0.6) is 0 Å². The Balaban J connectivity index is 1.73. The second-order valence-electron chi connectivity index (χ2n) is 7.41. The third-order valence-electron chi connectivity index (χ3n) is 5.22. The van der Waals surface area contributed by atoms with Crippen LogP contribution in [0.2, 0.25) is 0 Å². The molecule has 2 amide bonds. The number of anilines is 2. The first kappa shape index (κ1) is 22.9. The van der Waals surface area contributed by atoms with Gasteiger partial charge in [-0.2, -0.15) is 0 Å². The van der Waals surface area contributed by atoms with Crippen LogP contribution >= 0.6 is 0 Å². The Morgan fingerprint density at radius 3 is 2.50 bits per heavy atom. The SMILES string of the molecule is COCc1cc(C(=O)N(C)c2ccc(F)cc2)cn2c(-c3ccc(NC(=O)OC)nc3)cnc12. The first-order chi connectivity index (χ1) is 16.4. The number of pyridine rings is 2. The smallest absolute Gasteiger partial charge is 0.412 e. The Labute approximate surface area is 194 Å². The van der Waals surface area contributed by atoms with Crippen LogP contribution < -0.4 is 10.2 Å². The summed E-state index contributed by atoms with van der Waals surface area (Å²) in [7, 11) is 4.46. The van der Waals surface area contributed by atoms with Crippen LogP contribution in [0.4, 0.5) is 20.7 Å². The highest BCUT2D eigenvalue weighted by Gasteiger charge is 2.19. The number of amides is 2. The van der Waals surface area contributed by atoms with Crippen LogP contribution in [0.1, 0.15) is 15.9 Å². The molecule has 0 unspecified atom stereocenters. The van der Waals surface area contributed by atoms with E-state index in [9.17, 15) is 14.0 Å². The van der Waals surface area contributed by atoms with E-state index in [1.54, 1.807) is 67.5 Å². The zero-order valence-electron chi connectivity index (χ0n) is 18.8. The maximum atomic E-state index is 13.3. The van der Waals surface area contributed by atoms with E-state index in [1.165, 1.54) is 24.1 Å². The molecule has 174 valence electrons. The summed E-state index contributed by atoms with van der Waals surface area (Å²) < 4.78 is 25.0. The van der Waals surface area contributed by atoms with Gasteiger partial charge in [0.1, 0.15) is 17.3 Å². The van der Waals surface area contributed by atoms with Crippen molar-refractivity contribution in [1.29, 1.82) is 0 Å². The van der Waals surface area contributed by atoms with Crippen LogP contribution in [0.15, 0.2) is 61.1 Å². The molecule has 0 aliphatic rings. The summed E-state index contributed by atoms with van der Waals surface area (Å²) in [5, 5.41) is 2.50. The van der Waals surface area contributed by atoms with E-state index in [0.717, 1.165) is 11.1 Å². The summed E-state index contributed by atoms with van der Waals surface area (Å²) in [5.74, 6) is -0.319. The van der Waals surface area contributed by atoms with E-state index in [2.05, 4.69) is 20.0 Å². The molecule has 4 rings (SSSR count). The highest BCUT2D eigenvalue weighted by molar-refractivity contribution is 6.06. The van der Waals surface area contributed by atoms with Crippen molar-refractivity contribution in [2.75, 3.05) is 31.5 Å². The van der Waals surface area contributed by atoms with Gasteiger partial charge in [-0.1, -0.05) is 0 Å². The predicted molar refractivity (Wildman–Crippen MR) is 124 cm³/mol. The Kier molecular flexibility index (Phi) is 6.51. The summed E-state index contributed by atoms with van der Waals surface area (Å²) in [6, 6.07) is 10.8. The molecule has 10 heteroatoms. The molecule has 0 atom stereocenters. The summed E-state index contributed by atoms with van der Waals surface area (Å²) in [5.41, 5.74) is 3.75. The molecule has 34 heavy (non-hydrogen) atoms. The third-order valence-corrected chi connectivity index (χ3v) is 5.22. The van der Waals surface area contributed by atoms with E-state index in [0.29, 0.717) is 28.4 Å². The van der Waals surface area contributed by atoms with Crippen LogP contribution in [-0.4, -0.2) is 47.6 Å². The molecule has 0 aliphatic carbocycles. The lowest BCUT2D eigenvalue weighted by molar-refractivity contribution is 0.0992. The van der Waals surface area contributed by atoms with Gasteiger partial charge in [0.2, 0.25) is 0 Å². The number of nitrogens with zero attached hydrogens (tertiary/aromatic N) is 4. The highest BCUT2D eigenvalue weighted by atomic mass is 19.1. The molecule has 0 aliphatic heterocycles. The lowest BCUT2D eigenvalue weighted by Crippen LogP contribution is -2.26.